The fourth-order valence-corrected chi connectivity index (χ4v) is 7.18. The van der Waals surface area contributed by atoms with Gasteiger partial charge in [0.2, 0.25) is 0 Å². The van der Waals surface area contributed by atoms with Gasteiger partial charge in [0.15, 0.2) is 0 Å². The van der Waals surface area contributed by atoms with E-state index in [-0.39, 0.29) is 0 Å². The normalized spacial score (nSPS) is 14.3. The second-order valence-corrected chi connectivity index (χ2v) is 9.34. The second kappa shape index (κ2) is 3.56. The van der Waals surface area contributed by atoms with Crippen LogP contribution in [0, 0.1) is 0 Å². The van der Waals surface area contributed by atoms with Crippen LogP contribution in [-0.2, 0) is 0 Å². The molecular formula is C12H8Se2. The van der Waals surface area contributed by atoms with E-state index in [1.165, 1.54) is 16.3 Å². The summed E-state index contributed by atoms with van der Waals surface area (Å²) in [6, 6.07) is 13.2. The Balaban J connectivity index is 2.42. The summed E-state index contributed by atoms with van der Waals surface area (Å²) in [5.74, 6) is 0. The van der Waals surface area contributed by atoms with Gasteiger partial charge in [-0.1, -0.05) is 0 Å². The first kappa shape index (κ1) is 8.76. The van der Waals surface area contributed by atoms with E-state index in [9.17, 15) is 0 Å². The van der Waals surface area contributed by atoms with Crippen molar-refractivity contribution in [2.45, 2.75) is 0 Å². The molecule has 0 amide bonds. The number of benzene rings is 2. The zero-order valence-electron chi connectivity index (χ0n) is 7.44. The third kappa shape index (κ3) is 1.36. The number of fused-ring (bicyclic) bond motifs is 3. The van der Waals surface area contributed by atoms with Crippen molar-refractivity contribution in [2.75, 3.05) is 0 Å². The van der Waals surface area contributed by atoms with Crippen molar-refractivity contribution in [3.8, 4) is 0 Å². The maximum atomic E-state index is 2.36. The Hall–Kier alpha value is -0.521. The van der Waals surface area contributed by atoms with Crippen LogP contribution >= 0.6 is 0 Å². The Morgan fingerprint density at radius 3 is 2.86 bits per heavy atom. The number of hydrogen-bond donors (Lipinski definition) is 0. The van der Waals surface area contributed by atoms with Crippen molar-refractivity contribution in [3.63, 3.8) is 0 Å². The minimum atomic E-state index is 0.709. The van der Waals surface area contributed by atoms with Crippen LogP contribution in [0.25, 0.3) is 16.8 Å². The fourth-order valence-electron chi connectivity index (χ4n) is 1.70. The van der Waals surface area contributed by atoms with E-state index < -0.39 is 0 Å². The molecule has 0 aliphatic carbocycles. The van der Waals surface area contributed by atoms with E-state index in [1.54, 1.807) is 4.46 Å². The fraction of sp³-hybridized carbons (Fsp3) is 0. The predicted molar refractivity (Wildman–Crippen MR) is 64.1 cm³/mol. The van der Waals surface area contributed by atoms with Gasteiger partial charge in [0, 0.05) is 0 Å². The quantitative estimate of drug-likeness (QED) is 0.651. The van der Waals surface area contributed by atoms with Gasteiger partial charge in [-0.25, -0.2) is 0 Å². The molecule has 1 heterocycles. The first-order chi connectivity index (χ1) is 6.95. The Kier molecular flexibility index (Phi) is 2.23. The average molecular weight is 310 g/mol. The molecule has 3 rings (SSSR count). The zero-order chi connectivity index (χ0) is 9.38. The van der Waals surface area contributed by atoms with Gasteiger partial charge < -0.3 is 0 Å². The summed E-state index contributed by atoms with van der Waals surface area (Å²) < 4.78 is 1.58. The molecule has 2 aromatic carbocycles. The van der Waals surface area contributed by atoms with Gasteiger partial charge in [0.25, 0.3) is 0 Å². The molecule has 0 radical (unpaired) electrons. The van der Waals surface area contributed by atoms with E-state index in [1.807, 2.05) is 0 Å². The molecule has 0 spiro atoms. The van der Waals surface area contributed by atoms with Gasteiger partial charge in [-0.2, -0.15) is 0 Å². The van der Waals surface area contributed by atoms with Gasteiger partial charge in [-0.3, -0.25) is 0 Å². The number of hydrogen-bond acceptors (Lipinski definition) is 0. The Morgan fingerprint density at radius 2 is 1.86 bits per heavy atom. The molecule has 2 aromatic rings. The van der Waals surface area contributed by atoms with E-state index in [4.69, 9.17) is 0 Å². The van der Waals surface area contributed by atoms with Crippen LogP contribution in [0.3, 0.4) is 0 Å². The molecule has 0 atom stereocenters. The van der Waals surface area contributed by atoms with E-state index in [2.05, 4.69) is 47.4 Å². The summed E-state index contributed by atoms with van der Waals surface area (Å²) >= 11 is 1.45. The van der Waals surface area contributed by atoms with Gasteiger partial charge in [-0.15, -0.1) is 0 Å². The first-order valence-electron chi connectivity index (χ1n) is 4.47. The Labute approximate surface area is 94.3 Å². The molecule has 0 nitrogen and oxygen atoms in total. The van der Waals surface area contributed by atoms with Crippen LogP contribution in [0.2, 0.25) is 0 Å². The molecule has 68 valence electrons. The Bertz CT molecular complexity index is 515. The topological polar surface area (TPSA) is 0 Å². The summed E-state index contributed by atoms with van der Waals surface area (Å²) in [6.07, 6.45) is 2.31. The molecule has 2 heteroatoms. The van der Waals surface area contributed by atoms with Crippen LogP contribution in [0.15, 0.2) is 41.4 Å². The average Bonchev–Trinajstić information content (AvgIpc) is 2.29. The summed E-state index contributed by atoms with van der Waals surface area (Å²) in [6.45, 7) is 0. The first-order valence-corrected chi connectivity index (χ1v) is 10.6. The molecule has 0 N–H and O–H groups in total. The van der Waals surface area contributed by atoms with Crippen molar-refractivity contribution in [1.82, 2.24) is 0 Å². The standard InChI is InChI=1S/C12H8Se2/c1-2-4-10-9(3-1)5-6-12-11(10)7-8-13-14-12/h1-8H. The second-order valence-electron chi connectivity index (χ2n) is 3.18. The zero-order valence-corrected chi connectivity index (χ0v) is 10.9. The molecule has 0 bridgehead atoms. The molecule has 1 aliphatic heterocycles. The van der Waals surface area contributed by atoms with Crippen LogP contribution in [-0.4, -0.2) is 26.3 Å². The van der Waals surface area contributed by atoms with Crippen LogP contribution in [0.5, 0.6) is 0 Å². The third-order valence-corrected chi connectivity index (χ3v) is 8.42. The molecule has 0 aromatic heterocycles. The molecule has 14 heavy (non-hydrogen) atoms. The van der Waals surface area contributed by atoms with Gasteiger partial charge in [0.1, 0.15) is 0 Å². The minimum absolute atomic E-state index is 0.709. The molecule has 0 unspecified atom stereocenters. The molecule has 1 aliphatic rings. The SMILES string of the molecule is C1=Cc2c(ccc3ccccc23)[Se][Se]1. The molecule has 0 saturated heterocycles. The molecular weight excluding hydrogens is 302 g/mol. The summed E-state index contributed by atoms with van der Waals surface area (Å²) in [4.78, 5) is 2.36. The van der Waals surface area contributed by atoms with Crippen molar-refractivity contribution >= 4 is 47.6 Å². The van der Waals surface area contributed by atoms with Crippen molar-refractivity contribution in [1.29, 1.82) is 0 Å². The Morgan fingerprint density at radius 1 is 0.929 bits per heavy atom. The van der Waals surface area contributed by atoms with Crippen molar-refractivity contribution in [3.05, 3.63) is 46.9 Å². The van der Waals surface area contributed by atoms with Crippen LogP contribution < -0.4 is 4.46 Å². The summed E-state index contributed by atoms with van der Waals surface area (Å²) in [5, 5.41) is 2.78. The van der Waals surface area contributed by atoms with E-state index >= 15 is 0 Å². The molecule has 0 fully saturated rings. The van der Waals surface area contributed by atoms with Crippen molar-refractivity contribution in [2.24, 2.45) is 0 Å². The monoisotopic (exact) mass is 312 g/mol. The van der Waals surface area contributed by atoms with Gasteiger partial charge in [0.05, 0.1) is 0 Å². The summed E-state index contributed by atoms with van der Waals surface area (Å²) in [7, 11) is 0. The van der Waals surface area contributed by atoms with E-state index in [0.717, 1.165) is 13.1 Å². The van der Waals surface area contributed by atoms with Crippen LogP contribution in [0.4, 0.5) is 0 Å². The van der Waals surface area contributed by atoms with Gasteiger partial charge in [-0.05, 0) is 0 Å². The van der Waals surface area contributed by atoms with Crippen LogP contribution in [0.1, 0.15) is 5.56 Å². The van der Waals surface area contributed by atoms with Gasteiger partial charge >= 0.3 is 94.5 Å². The maximum absolute atomic E-state index is 2.36. The third-order valence-electron chi connectivity index (χ3n) is 2.36. The van der Waals surface area contributed by atoms with Crippen molar-refractivity contribution < 1.29 is 0 Å². The molecule has 0 saturated carbocycles. The van der Waals surface area contributed by atoms with E-state index in [0.29, 0.717) is 13.1 Å². The predicted octanol–water partition coefficient (Wildman–Crippen LogP) is 1.77. The number of rotatable bonds is 0. The summed E-state index contributed by atoms with van der Waals surface area (Å²) in [5.41, 5.74) is 1.47.